The van der Waals surface area contributed by atoms with Crippen molar-refractivity contribution in [1.29, 1.82) is 0 Å². The van der Waals surface area contributed by atoms with E-state index in [0.29, 0.717) is 30.6 Å². The lowest BCUT2D eigenvalue weighted by molar-refractivity contribution is -0.138. The average Bonchev–Trinajstić information content (AvgIpc) is 2.68. The molecule has 2 saturated heterocycles. The lowest BCUT2D eigenvalue weighted by atomic mass is 9.86. The van der Waals surface area contributed by atoms with Crippen LogP contribution in [-0.4, -0.2) is 72.2 Å². The van der Waals surface area contributed by atoms with Crippen molar-refractivity contribution in [2.24, 2.45) is 5.92 Å². The normalized spacial score (nSPS) is 24.0. The highest BCUT2D eigenvalue weighted by atomic mass is 35.5. The van der Waals surface area contributed by atoms with E-state index < -0.39 is 5.97 Å². The van der Waals surface area contributed by atoms with Crippen LogP contribution in [0.3, 0.4) is 0 Å². The van der Waals surface area contributed by atoms with Crippen molar-refractivity contribution in [2.75, 3.05) is 39.4 Å². The lowest BCUT2D eigenvalue weighted by Crippen LogP contribution is -2.55. The maximum Gasteiger partial charge on any atom is 0.303 e. The van der Waals surface area contributed by atoms with Gasteiger partial charge in [0.2, 0.25) is 5.91 Å². The summed E-state index contributed by atoms with van der Waals surface area (Å²) in [6, 6.07) is 7.73. The smallest absolute Gasteiger partial charge is 0.303 e. The molecule has 2 aliphatic rings. The Kier molecular flexibility index (Phi) is 7.10. The maximum atomic E-state index is 12.8. The first-order valence-corrected chi connectivity index (χ1v) is 9.97. The molecule has 1 aromatic rings. The Balaban J connectivity index is 1.65. The summed E-state index contributed by atoms with van der Waals surface area (Å²) in [6.07, 6.45) is 1.89. The monoisotopic (exact) mass is 394 g/mol. The van der Waals surface area contributed by atoms with E-state index in [0.717, 1.165) is 38.3 Å². The number of nitrogens with zero attached hydrogens (tertiary/aromatic N) is 2. The van der Waals surface area contributed by atoms with E-state index in [-0.39, 0.29) is 24.7 Å². The van der Waals surface area contributed by atoms with Crippen LogP contribution in [0.2, 0.25) is 5.02 Å². The lowest BCUT2D eigenvalue weighted by Gasteiger charge is -2.45. The minimum atomic E-state index is -0.782. The molecule has 2 fully saturated rings. The van der Waals surface area contributed by atoms with Gasteiger partial charge in [0.05, 0.1) is 19.6 Å². The van der Waals surface area contributed by atoms with E-state index in [4.69, 9.17) is 21.4 Å². The van der Waals surface area contributed by atoms with E-state index in [9.17, 15) is 9.59 Å². The van der Waals surface area contributed by atoms with Gasteiger partial charge in [-0.05, 0) is 30.4 Å². The fraction of sp³-hybridized carbons (Fsp3) is 0.600. The molecule has 0 bridgehead atoms. The third-order valence-corrected chi connectivity index (χ3v) is 5.96. The van der Waals surface area contributed by atoms with Crippen LogP contribution in [0.5, 0.6) is 0 Å². The Morgan fingerprint density at radius 2 is 1.93 bits per heavy atom. The first-order valence-electron chi connectivity index (χ1n) is 9.59. The summed E-state index contributed by atoms with van der Waals surface area (Å²) >= 11 is 6.19. The molecule has 1 N–H and O–H groups in total. The zero-order chi connectivity index (χ0) is 19.2. The predicted molar refractivity (Wildman–Crippen MR) is 103 cm³/mol. The molecule has 0 unspecified atom stereocenters. The minimum Gasteiger partial charge on any atom is -0.481 e. The van der Waals surface area contributed by atoms with Gasteiger partial charge in [0.25, 0.3) is 0 Å². The van der Waals surface area contributed by atoms with E-state index in [1.54, 1.807) is 6.07 Å². The van der Waals surface area contributed by atoms with Crippen molar-refractivity contribution in [2.45, 2.75) is 31.7 Å². The van der Waals surface area contributed by atoms with Crippen LogP contribution >= 0.6 is 11.6 Å². The number of rotatable bonds is 6. The number of aliphatic carboxylic acids is 1. The molecule has 0 spiro atoms. The number of carbonyl (C=O) groups excluding carboxylic acids is 1. The molecular formula is C20H27ClN2O4. The molecule has 148 valence electrons. The number of hydrogen-bond donors (Lipinski definition) is 1. The number of benzene rings is 1. The van der Waals surface area contributed by atoms with Gasteiger partial charge < -0.3 is 14.7 Å². The maximum absolute atomic E-state index is 12.8. The quantitative estimate of drug-likeness (QED) is 0.801. The molecule has 6 nitrogen and oxygen atoms in total. The number of carboxylic acid groups (broad SMARTS) is 1. The number of halogens is 1. The van der Waals surface area contributed by atoms with Crippen LogP contribution < -0.4 is 0 Å². The largest absolute Gasteiger partial charge is 0.481 e. The fourth-order valence-corrected chi connectivity index (χ4v) is 4.35. The summed E-state index contributed by atoms with van der Waals surface area (Å²) in [5.74, 6) is -0.553. The first kappa shape index (κ1) is 20.1. The molecular weight excluding hydrogens is 368 g/mol. The van der Waals surface area contributed by atoms with Gasteiger partial charge in [-0.25, -0.2) is 0 Å². The molecule has 0 aromatic heterocycles. The van der Waals surface area contributed by atoms with Gasteiger partial charge in [0.1, 0.15) is 0 Å². The van der Waals surface area contributed by atoms with Gasteiger partial charge in [-0.15, -0.1) is 0 Å². The Labute approximate surface area is 165 Å². The molecule has 2 aliphatic heterocycles. The summed E-state index contributed by atoms with van der Waals surface area (Å²) in [5, 5.41) is 9.72. The molecule has 2 heterocycles. The molecule has 27 heavy (non-hydrogen) atoms. The Morgan fingerprint density at radius 3 is 2.63 bits per heavy atom. The van der Waals surface area contributed by atoms with Crippen molar-refractivity contribution >= 4 is 23.5 Å². The highest BCUT2D eigenvalue weighted by Gasteiger charge is 2.35. The first-order chi connectivity index (χ1) is 13.0. The standard InChI is InChI=1S/C20H27ClN2O4/c21-17-4-2-1-3-15(17)13-19(24)23-8-7-18(22-9-11-27-12-10-22)16(14-23)5-6-20(25)26/h1-4,16,18H,5-14H2,(H,25,26)/t16-,18+/m1/s1. The van der Waals surface area contributed by atoms with Crippen LogP contribution in [0, 0.1) is 5.92 Å². The molecule has 0 aliphatic carbocycles. The number of morpholine rings is 1. The summed E-state index contributed by atoms with van der Waals surface area (Å²) in [5.41, 5.74) is 0.835. The second-order valence-electron chi connectivity index (χ2n) is 7.30. The number of hydrogen-bond acceptors (Lipinski definition) is 4. The van der Waals surface area contributed by atoms with Crippen LogP contribution in [0.25, 0.3) is 0 Å². The third-order valence-electron chi connectivity index (χ3n) is 5.59. The predicted octanol–water partition coefficient (Wildman–Crippen LogP) is 2.30. The van der Waals surface area contributed by atoms with E-state index in [1.165, 1.54) is 0 Å². The number of likely N-dealkylation sites (tertiary alicyclic amines) is 1. The van der Waals surface area contributed by atoms with Gasteiger partial charge in [0, 0.05) is 43.7 Å². The zero-order valence-electron chi connectivity index (χ0n) is 15.5. The second kappa shape index (κ2) is 9.53. The van der Waals surface area contributed by atoms with Gasteiger partial charge in [-0.2, -0.15) is 0 Å². The Morgan fingerprint density at radius 1 is 1.19 bits per heavy atom. The molecule has 0 saturated carbocycles. The summed E-state index contributed by atoms with van der Waals surface area (Å²) in [6.45, 7) is 4.51. The van der Waals surface area contributed by atoms with Crippen LogP contribution in [0.4, 0.5) is 0 Å². The minimum absolute atomic E-state index is 0.0591. The molecule has 7 heteroatoms. The highest BCUT2D eigenvalue weighted by molar-refractivity contribution is 6.31. The van der Waals surface area contributed by atoms with Crippen molar-refractivity contribution in [3.8, 4) is 0 Å². The molecule has 1 aromatic carbocycles. The molecule has 3 rings (SSSR count). The van der Waals surface area contributed by atoms with Crippen molar-refractivity contribution in [3.63, 3.8) is 0 Å². The van der Waals surface area contributed by atoms with Gasteiger partial charge in [0.15, 0.2) is 0 Å². The summed E-state index contributed by atoms with van der Waals surface area (Å²) < 4.78 is 5.45. The van der Waals surface area contributed by atoms with Gasteiger partial charge >= 0.3 is 5.97 Å². The van der Waals surface area contributed by atoms with Crippen molar-refractivity contribution in [1.82, 2.24) is 9.80 Å². The Bertz CT molecular complexity index is 663. The van der Waals surface area contributed by atoms with E-state index in [2.05, 4.69) is 4.90 Å². The average molecular weight is 395 g/mol. The van der Waals surface area contributed by atoms with Crippen LogP contribution in [-0.2, 0) is 20.7 Å². The van der Waals surface area contributed by atoms with Crippen molar-refractivity contribution < 1.29 is 19.4 Å². The van der Waals surface area contributed by atoms with E-state index in [1.807, 2.05) is 23.1 Å². The van der Waals surface area contributed by atoms with Gasteiger partial charge in [-0.3, -0.25) is 14.5 Å². The zero-order valence-corrected chi connectivity index (χ0v) is 16.2. The number of amides is 1. The fourth-order valence-electron chi connectivity index (χ4n) is 4.15. The SMILES string of the molecule is O=C(O)CC[C@@H]1CN(C(=O)Cc2ccccc2Cl)CC[C@@H]1N1CCOCC1. The molecule has 2 atom stereocenters. The number of carboxylic acids is 1. The van der Waals surface area contributed by atoms with Gasteiger partial charge in [-0.1, -0.05) is 29.8 Å². The molecule has 1 amide bonds. The Hall–Kier alpha value is -1.63. The molecule has 0 radical (unpaired) electrons. The topological polar surface area (TPSA) is 70.1 Å². The number of piperidine rings is 1. The second-order valence-corrected chi connectivity index (χ2v) is 7.71. The summed E-state index contributed by atoms with van der Waals surface area (Å²) in [4.78, 5) is 28.2. The third kappa shape index (κ3) is 5.43. The van der Waals surface area contributed by atoms with Crippen LogP contribution in [0.1, 0.15) is 24.8 Å². The highest BCUT2D eigenvalue weighted by Crippen LogP contribution is 2.28. The van der Waals surface area contributed by atoms with Crippen molar-refractivity contribution in [3.05, 3.63) is 34.9 Å². The number of carbonyl (C=O) groups is 2. The summed E-state index contributed by atoms with van der Waals surface area (Å²) in [7, 11) is 0. The van der Waals surface area contributed by atoms with E-state index >= 15 is 0 Å². The van der Waals surface area contributed by atoms with Crippen LogP contribution in [0.15, 0.2) is 24.3 Å². The number of ether oxygens (including phenoxy) is 1.